The Kier molecular flexibility index (Phi) is 5.02. The van der Waals surface area contributed by atoms with Gasteiger partial charge in [0.25, 0.3) is 0 Å². The van der Waals surface area contributed by atoms with Gasteiger partial charge in [-0.1, -0.05) is 30.3 Å². The van der Waals surface area contributed by atoms with Gasteiger partial charge in [-0.25, -0.2) is 4.39 Å². The number of nitrogens with zero attached hydrogens (tertiary/aromatic N) is 1. The average molecular weight is 292 g/mol. The van der Waals surface area contributed by atoms with Crippen LogP contribution in [0.3, 0.4) is 0 Å². The van der Waals surface area contributed by atoms with Crippen LogP contribution in [0.4, 0.5) is 10.1 Å². The molecule has 0 saturated heterocycles. The van der Waals surface area contributed by atoms with E-state index in [2.05, 4.69) is 30.9 Å². The number of alkyl halides is 1. The van der Waals surface area contributed by atoms with Gasteiger partial charge in [0, 0.05) is 24.2 Å². The van der Waals surface area contributed by atoms with E-state index in [0.717, 1.165) is 17.8 Å². The third-order valence-electron chi connectivity index (χ3n) is 3.25. The topological polar surface area (TPSA) is 3.24 Å². The number of benzene rings is 2. The first-order chi connectivity index (χ1) is 9.60. The van der Waals surface area contributed by atoms with Crippen molar-refractivity contribution in [3.8, 4) is 0 Å². The third kappa shape index (κ3) is 3.73. The maximum absolute atomic E-state index is 13.7. The maximum atomic E-state index is 13.7. The van der Waals surface area contributed by atoms with Crippen molar-refractivity contribution in [3.63, 3.8) is 0 Å². The van der Waals surface area contributed by atoms with Crippen LogP contribution in [0.5, 0.6) is 0 Å². The summed E-state index contributed by atoms with van der Waals surface area (Å²) in [6, 6.07) is 15.5. The summed E-state index contributed by atoms with van der Waals surface area (Å²) < 4.78 is 13.7. The Labute approximate surface area is 125 Å². The van der Waals surface area contributed by atoms with Gasteiger partial charge in [0.05, 0.1) is 0 Å². The van der Waals surface area contributed by atoms with Gasteiger partial charge in [-0.15, -0.1) is 11.6 Å². The molecule has 0 aromatic heterocycles. The molecule has 3 heteroatoms. The van der Waals surface area contributed by atoms with Crippen LogP contribution in [-0.4, -0.2) is 6.04 Å². The van der Waals surface area contributed by atoms with Crippen molar-refractivity contribution < 1.29 is 4.39 Å². The molecule has 0 atom stereocenters. The number of hydrogen-bond donors (Lipinski definition) is 0. The first-order valence-corrected chi connectivity index (χ1v) is 7.29. The van der Waals surface area contributed by atoms with Crippen LogP contribution in [-0.2, 0) is 12.4 Å². The Morgan fingerprint density at radius 1 is 1.05 bits per heavy atom. The molecule has 0 heterocycles. The zero-order valence-corrected chi connectivity index (χ0v) is 12.6. The van der Waals surface area contributed by atoms with Crippen LogP contribution in [0, 0.1) is 5.82 Å². The normalized spacial score (nSPS) is 10.8. The Bertz CT molecular complexity index is 554. The van der Waals surface area contributed by atoms with Gasteiger partial charge in [0.15, 0.2) is 0 Å². The standard InChI is InChI=1S/C17H19ClFN/c1-13(2)20(12-14-6-4-3-5-7-14)17-9-15(11-18)8-16(19)10-17/h3-10,13H,11-12H2,1-2H3. The molecule has 1 nitrogen and oxygen atoms in total. The van der Waals surface area contributed by atoms with Crippen molar-refractivity contribution in [1.29, 1.82) is 0 Å². The fourth-order valence-electron chi connectivity index (χ4n) is 2.23. The van der Waals surface area contributed by atoms with Crippen molar-refractivity contribution in [2.45, 2.75) is 32.3 Å². The van der Waals surface area contributed by atoms with E-state index in [0.29, 0.717) is 5.88 Å². The highest BCUT2D eigenvalue weighted by Gasteiger charge is 2.13. The van der Waals surface area contributed by atoms with E-state index in [4.69, 9.17) is 11.6 Å². The van der Waals surface area contributed by atoms with E-state index in [1.54, 1.807) is 6.07 Å². The Morgan fingerprint density at radius 2 is 1.75 bits per heavy atom. The van der Waals surface area contributed by atoms with Gasteiger partial charge < -0.3 is 4.90 Å². The summed E-state index contributed by atoms with van der Waals surface area (Å²) in [5.41, 5.74) is 2.89. The van der Waals surface area contributed by atoms with Crippen LogP contribution in [0.25, 0.3) is 0 Å². The summed E-state index contributed by atoms with van der Waals surface area (Å²) in [5.74, 6) is 0.0824. The monoisotopic (exact) mass is 291 g/mol. The lowest BCUT2D eigenvalue weighted by Crippen LogP contribution is -2.30. The van der Waals surface area contributed by atoms with Gasteiger partial charge >= 0.3 is 0 Å². The third-order valence-corrected chi connectivity index (χ3v) is 3.56. The van der Waals surface area contributed by atoms with Crippen LogP contribution in [0.15, 0.2) is 48.5 Å². The summed E-state index contributed by atoms with van der Waals surface area (Å²) in [6.45, 7) is 4.96. The number of anilines is 1. The van der Waals surface area contributed by atoms with Gasteiger partial charge in [-0.2, -0.15) is 0 Å². The second-order valence-electron chi connectivity index (χ2n) is 5.16. The van der Waals surface area contributed by atoms with Crippen molar-refractivity contribution in [2.75, 3.05) is 4.90 Å². The molecule has 2 aromatic carbocycles. The van der Waals surface area contributed by atoms with Crippen LogP contribution in [0.1, 0.15) is 25.0 Å². The lowest BCUT2D eigenvalue weighted by atomic mass is 10.1. The molecule has 20 heavy (non-hydrogen) atoms. The smallest absolute Gasteiger partial charge is 0.125 e. The first kappa shape index (κ1) is 14.9. The predicted octanol–water partition coefficient (Wildman–Crippen LogP) is 4.98. The minimum Gasteiger partial charge on any atom is -0.365 e. The molecule has 2 rings (SSSR count). The zero-order valence-electron chi connectivity index (χ0n) is 11.8. The fourth-order valence-corrected chi connectivity index (χ4v) is 2.38. The number of halogens is 2. The molecule has 0 fully saturated rings. The van der Waals surface area contributed by atoms with E-state index >= 15 is 0 Å². The summed E-state index contributed by atoms with van der Waals surface area (Å²) >= 11 is 5.83. The van der Waals surface area contributed by atoms with E-state index < -0.39 is 0 Å². The molecule has 0 saturated carbocycles. The molecule has 0 aliphatic carbocycles. The molecule has 0 aliphatic heterocycles. The number of rotatable bonds is 5. The molecule has 106 valence electrons. The summed E-state index contributed by atoms with van der Waals surface area (Å²) in [6.07, 6.45) is 0. The van der Waals surface area contributed by atoms with E-state index in [-0.39, 0.29) is 11.9 Å². The molecule has 0 amide bonds. The molecule has 0 radical (unpaired) electrons. The molecule has 2 aromatic rings. The highest BCUT2D eigenvalue weighted by atomic mass is 35.5. The Balaban J connectivity index is 2.31. The molecule has 0 aliphatic rings. The molecular formula is C17H19ClFN. The Hall–Kier alpha value is -1.54. The van der Waals surface area contributed by atoms with Crippen LogP contribution < -0.4 is 4.90 Å². The SMILES string of the molecule is CC(C)N(Cc1ccccc1)c1cc(F)cc(CCl)c1. The molecule has 0 spiro atoms. The quantitative estimate of drug-likeness (QED) is 0.702. The lowest BCUT2D eigenvalue weighted by molar-refractivity contribution is 0.620. The van der Waals surface area contributed by atoms with Gasteiger partial charge in [-0.05, 0) is 43.2 Å². The Morgan fingerprint density at radius 3 is 2.35 bits per heavy atom. The predicted molar refractivity (Wildman–Crippen MR) is 83.7 cm³/mol. The number of hydrogen-bond acceptors (Lipinski definition) is 1. The lowest BCUT2D eigenvalue weighted by Gasteiger charge is -2.29. The van der Waals surface area contributed by atoms with E-state index in [9.17, 15) is 4.39 Å². The second-order valence-corrected chi connectivity index (χ2v) is 5.43. The highest BCUT2D eigenvalue weighted by Crippen LogP contribution is 2.23. The average Bonchev–Trinajstić information content (AvgIpc) is 2.44. The van der Waals surface area contributed by atoms with Crippen LogP contribution in [0.2, 0.25) is 0 Å². The van der Waals surface area contributed by atoms with Crippen LogP contribution >= 0.6 is 11.6 Å². The fraction of sp³-hybridized carbons (Fsp3) is 0.294. The minimum atomic E-state index is -0.239. The van der Waals surface area contributed by atoms with Crippen molar-refractivity contribution in [2.24, 2.45) is 0 Å². The van der Waals surface area contributed by atoms with Crippen molar-refractivity contribution in [3.05, 3.63) is 65.5 Å². The summed E-state index contributed by atoms with van der Waals surface area (Å²) in [5, 5.41) is 0. The van der Waals surface area contributed by atoms with Gasteiger partial charge in [0.2, 0.25) is 0 Å². The largest absolute Gasteiger partial charge is 0.365 e. The first-order valence-electron chi connectivity index (χ1n) is 6.76. The van der Waals surface area contributed by atoms with E-state index in [1.807, 2.05) is 24.3 Å². The minimum absolute atomic E-state index is 0.239. The maximum Gasteiger partial charge on any atom is 0.125 e. The van der Waals surface area contributed by atoms with Crippen molar-refractivity contribution in [1.82, 2.24) is 0 Å². The molecule has 0 N–H and O–H groups in total. The van der Waals surface area contributed by atoms with Crippen molar-refractivity contribution >= 4 is 17.3 Å². The molecule has 0 bridgehead atoms. The zero-order chi connectivity index (χ0) is 14.5. The summed E-state index contributed by atoms with van der Waals surface area (Å²) in [4.78, 5) is 2.18. The van der Waals surface area contributed by atoms with E-state index in [1.165, 1.54) is 11.6 Å². The molecular weight excluding hydrogens is 273 g/mol. The molecule has 0 unspecified atom stereocenters. The highest BCUT2D eigenvalue weighted by molar-refractivity contribution is 6.17. The van der Waals surface area contributed by atoms with Gasteiger partial charge in [-0.3, -0.25) is 0 Å². The summed E-state index contributed by atoms with van der Waals surface area (Å²) in [7, 11) is 0. The second kappa shape index (κ2) is 6.76. The van der Waals surface area contributed by atoms with Gasteiger partial charge in [0.1, 0.15) is 5.82 Å².